The van der Waals surface area contributed by atoms with Crippen LogP contribution in [-0.4, -0.2) is 11.2 Å². The van der Waals surface area contributed by atoms with Crippen LogP contribution < -0.4 is 5.32 Å². The number of halogens is 2. The van der Waals surface area contributed by atoms with Crippen molar-refractivity contribution in [2.24, 2.45) is 0 Å². The maximum absolute atomic E-state index is 12.4. The summed E-state index contributed by atoms with van der Waals surface area (Å²) in [5, 5.41) is 3.74. The average Bonchev–Trinajstić information content (AvgIpc) is 2.48. The van der Waals surface area contributed by atoms with Gasteiger partial charge in [-0.05, 0) is 30.2 Å². The molecule has 0 aliphatic heterocycles. The lowest BCUT2D eigenvalue weighted by atomic mass is 10.1. The SMILES string of the molecule is Cc1ccc(Br)cc1C(=O)NC(CBr)c1ccccc1. The predicted octanol–water partition coefficient (Wildman–Crippen LogP) is 4.62. The summed E-state index contributed by atoms with van der Waals surface area (Å²) in [6.45, 7) is 1.94. The van der Waals surface area contributed by atoms with E-state index in [0.717, 1.165) is 15.6 Å². The van der Waals surface area contributed by atoms with E-state index in [9.17, 15) is 4.79 Å². The molecule has 2 aromatic rings. The fourth-order valence-corrected chi connectivity index (χ4v) is 2.87. The molecule has 2 nitrogen and oxygen atoms in total. The van der Waals surface area contributed by atoms with Crippen molar-refractivity contribution in [1.29, 1.82) is 0 Å². The summed E-state index contributed by atoms with van der Waals surface area (Å²) in [6.07, 6.45) is 0. The summed E-state index contributed by atoms with van der Waals surface area (Å²) < 4.78 is 0.906. The molecule has 0 fully saturated rings. The summed E-state index contributed by atoms with van der Waals surface area (Å²) >= 11 is 6.87. The summed E-state index contributed by atoms with van der Waals surface area (Å²) in [5.74, 6) is -0.0582. The van der Waals surface area contributed by atoms with Crippen molar-refractivity contribution in [2.45, 2.75) is 13.0 Å². The molecule has 0 aliphatic carbocycles. The number of carbonyl (C=O) groups excluding carboxylic acids is 1. The Balaban J connectivity index is 2.20. The Labute approximate surface area is 135 Å². The molecule has 0 saturated heterocycles. The van der Waals surface area contributed by atoms with Crippen molar-refractivity contribution in [2.75, 3.05) is 5.33 Å². The second-order valence-electron chi connectivity index (χ2n) is 4.55. The van der Waals surface area contributed by atoms with Crippen LogP contribution in [0.3, 0.4) is 0 Å². The smallest absolute Gasteiger partial charge is 0.252 e. The molecule has 1 N–H and O–H groups in total. The minimum Gasteiger partial charge on any atom is -0.344 e. The van der Waals surface area contributed by atoms with Crippen molar-refractivity contribution in [1.82, 2.24) is 5.32 Å². The van der Waals surface area contributed by atoms with E-state index in [1.54, 1.807) is 0 Å². The van der Waals surface area contributed by atoms with Crippen molar-refractivity contribution >= 4 is 37.8 Å². The highest BCUT2D eigenvalue weighted by Crippen LogP contribution is 2.19. The largest absolute Gasteiger partial charge is 0.344 e. The van der Waals surface area contributed by atoms with Crippen LogP contribution in [0.2, 0.25) is 0 Å². The fraction of sp³-hybridized carbons (Fsp3) is 0.188. The lowest BCUT2D eigenvalue weighted by molar-refractivity contribution is 0.0940. The maximum atomic E-state index is 12.4. The van der Waals surface area contributed by atoms with Crippen LogP contribution in [0.25, 0.3) is 0 Å². The molecule has 2 rings (SSSR count). The Kier molecular flexibility index (Phi) is 5.38. The monoisotopic (exact) mass is 395 g/mol. The number of benzene rings is 2. The van der Waals surface area contributed by atoms with E-state index >= 15 is 0 Å². The lowest BCUT2D eigenvalue weighted by Crippen LogP contribution is -2.30. The van der Waals surface area contributed by atoms with Gasteiger partial charge < -0.3 is 5.32 Å². The maximum Gasteiger partial charge on any atom is 0.252 e. The average molecular weight is 397 g/mol. The first-order chi connectivity index (χ1) is 9.61. The zero-order chi connectivity index (χ0) is 14.5. The van der Waals surface area contributed by atoms with Crippen molar-refractivity contribution in [3.05, 3.63) is 69.7 Å². The molecule has 1 amide bonds. The Morgan fingerprint density at radius 1 is 1.20 bits per heavy atom. The molecule has 20 heavy (non-hydrogen) atoms. The van der Waals surface area contributed by atoms with Crippen LogP contribution in [0.1, 0.15) is 27.5 Å². The number of alkyl halides is 1. The van der Waals surface area contributed by atoms with E-state index in [0.29, 0.717) is 10.9 Å². The molecule has 0 saturated carbocycles. The first kappa shape index (κ1) is 15.3. The normalized spacial score (nSPS) is 11.9. The van der Waals surface area contributed by atoms with Crippen LogP contribution in [0.15, 0.2) is 53.0 Å². The number of amides is 1. The van der Waals surface area contributed by atoms with Crippen molar-refractivity contribution < 1.29 is 4.79 Å². The summed E-state index contributed by atoms with van der Waals surface area (Å²) in [4.78, 5) is 12.4. The highest BCUT2D eigenvalue weighted by molar-refractivity contribution is 9.10. The molecule has 0 radical (unpaired) electrons. The quantitative estimate of drug-likeness (QED) is 0.750. The lowest BCUT2D eigenvalue weighted by Gasteiger charge is -2.17. The van der Waals surface area contributed by atoms with E-state index in [1.165, 1.54) is 0 Å². The van der Waals surface area contributed by atoms with Crippen LogP contribution in [0.4, 0.5) is 0 Å². The first-order valence-corrected chi connectivity index (χ1v) is 8.21. The third kappa shape index (κ3) is 3.70. The zero-order valence-corrected chi connectivity index (χ0v) is 14.2. The van der Waals surface area contributed by atoms with Gasteiger partial charge >= 0.3 is 0 Å². The van der Waals surface area contributed by atoms with Crippen LogP contribution in [0, 0.1) is 6.92 Å². The molecule has 104 valence electrons. The van der Waals surface area contributed by atoms with Gasteiger partial charge in [-0.2, -0.15) is 0 Å². The number of aryl methyl sites for hydroxylation is 1. The highest BCUT2D eigenvalue weighted by Gasteiger charge is 2.16. The topological polar surface area (TPSA) is 29.1 Å². The van der Waals surface area contributed by atoms with E-state index in [-0.39, 0.29) is 11.9 Å². The molecule has 0 spiro atoms. The Bertz CT molecular complexity index is 599. The molecule has 0 heterocycles. The van der Waals surface area contributed by atoms with Gasteiger partial charge in [0.25, 0.3) is 5.91 Å². The van der Waals surface area contributed by atoms with Gasteiger partial charge in [0.15, 0.2) is 0 Å². The van der Waals surface area contributed by atoms with Gasteiger partial charge in [0, 0.05) is 15.4 Å². The summed E-state index contributed by atoms with van der Waals surface area (Å²) in [6, 6.07) is 15.6. The Morgan fingerprint density at radius 3 is 2.55 bits per heavy atom. The third-order valence-electron chi connectivity index (χ3n) is 3.11. The molecular weight excluding hydrogens is 382 g/mol. The number of hydrogen-bond acceptors (Lipinski definition) is 1. The molecule has 0 aromatic heterocycles. The number of nitrogens with one attached hydrogen (secondary N) is 1. The highest BCUT2D eigenvalue weighted by atomic mass is 79.9. The molecular formula is C16H15Br2NO. The zero-order valence-electron chi connectivity index (χ0n) is 11.1. The Morgan fingerprint density at radius 2 is 1.90 bits per heavy atom. The van der Waals surface area contributed by atoms with Crippen molar-refractivity contribution in [3.8, 4) is 0 Å². The molecule has 0 aliphatic rings. The molecule has 1 unspecified atom stereocenters. The predicted molar refractivity (Wildman–Crippen MR) is 89.3 cm³/mol. The molecule has 4 heteroatoms. The number of carbonyl (C=O) groups is 1. The van der Waals surface area contributed by atoms with E-state index < -0.39 is 0 Å². The van der Waals surface area contributed by atoms with E-state index in [4.69, 9.17) is 0 Å². The number of rotatable bonds is 4. The first-order valence-electron chi connectivity index (χ1n) is 6.29. The van der Waals surface area contributed by atoms with Crippen molar-refractivity contribution in [3.63, 3.8) is 0 Å². The Hall–Kier alpha value is -1.13. The fourth-order valence-electron chi connectivity index (χ4n) is 1.97. The van der Waals surface area contributed by atoms with E-state index in [1.807, 2.05) is 55.5 Å². The summed E-state index contributed by atoms with van der Waals surface area (Å²) in [7, 11) is 0. The molecule has 1 atom stereocenters. The molecule has 2 aromatic carbocycles. The second-order valence-corrected chi connectivity index (χ2v) is 6.11. The molecule has 0 bridgehead atoms. The van der Waals surface area contributed by atoms with Gasteiger partial charge in [-0.1, -0.05) is 68.3 Å². The van der Waals surface area contributed by atoms with Crippen LogP contribution in [-0.2, 0) is 0 Å². The second kappa shape index (κ2) is 7.04. The number of hydrogen-bond donors (Lipinski definition) is 1. The van der Waals surface area contributed by atoms with E-state index in [2.05, 4.69) is 37.2 Å². The van der Waals surface area contributed by atoms with Gasteiger partial charge in [-0.25, -0.2) is 0 Å². The third-order valence-corrected chi connectivity index (χ3v) is 4.25. The van der Waals surface area contributed by atoms with Crippen LogP contribution >= 0.6 is 31.9 Å². The standard InChI is InChI=1S/C16H15Br2NO/c1-11-7-8-13(18)9-14(11)16(20)19-15(10-17)12-5-3-2-4-6-12/h2-9,15H,10H2,1H3,(H,19,20). The minimum atomic E-state index is -0.0582. The summed E-state index contributed by atoms with van der Waals surface area (Å²) in [5.41, 5.74) is 2.75. The van der Waals surface area contributed by atoms with Gasteiger partial charge in [0.2, 0.25) is 0 Å². The minimum absolute atomic E-state index is 0.0397. The van der Waals surface area contributed by atoms with Crippen LogP contribution in [0.5, 0.6) is 0 Å². The van der Waals surface area contributed by atoms with Gasteiger partial charge in [-0.15, -0.1) is 0 Å². The van der Waals surface area contributed by atoms with Gasteiger partial charge in [0.05, 0.1) is 6.04 Å². The van der Waals surface area contributed by atoms with Gasteiger partial charge in [0.1, 0.15) is 0 Å². The van der Waals surface area contributed by atoms with Gasteiger partial charge in [-0.3, -0.25) is 4.79 Å².